The van der Waals surface area contributed by atoms with Crippen molar-refractivity contribution >= 4 is 0 Å². The van der Waals surface area contributed by atoms with Gasteiger partial charge in [0.05, 0.1) is 11.9 Å². The predicted molar refractivity (Wildman–Crippen MR) is 110 cm³/mol. The molecule has 27 heavy (non-hydrogen) atoms. The second-order valence-corrected chi connectivity index (χ2v) is 7.61. The number of hydrogen-bond donors (Lipinski definition) is 1. The fourth-order valence-corrected chi connectivity index (χ4v) is 3.77. The van der Waals surface area contributed by atoms with Crippen LogP contribution in [-0.2, 0) is 13.1 Å². The molecule has 1 aliphatic rings. The van der Waals surface area contributed by atoms with Crippen molar-refractivity contribution in [2.45, 2.75) is 26.9 Å². The van der Waals surface area contributed by atoms with Gasteiger partial charge >= 0.3 is 0 Å². The van der Waals surface area contributed by atoms with E-state index in [1.165, 1.54) is 27.8 Å². The van der Waals surface area contributed by atoms with Gasteiger partial charge in [0.25, 0.3) is 0 Å². The van der Waals surface area contributed by atoms with E-state index in [1.54, 1.807) is 0 Å². The van der Waals surface area contributed by atoms with Crippen LogP contribution in [-0.4, -0.2) is 46.2 Å². The average Bonchev–Trinajstić information content (AvgIpc) is 3.14. The van der Waals surface area contributed by atoms with Crippen LogP contribution in [0, 0.1) is 13.8 Å². The molecule has 4 nitrogen and oxygen atoms in total. The highest BCUT2D eigenvalue weighted by atomic mass is 15.3. The van der Waals surface area contributed by atoms with Gasteiger partial charge in [-0.05, 0) is 36.6 Å². The van der Waals surface area contributed by atoms with Crippen LogP contribution >= 0.6 is 0 Å². The summed E-state index contributed by atoms with van der Waals surface area (Å²) in [5.74, 6) is 0. The monoisotopic (exact) mass is 360 g/mol. The predicted octanol–water partition coefficient (Wildman–Crippen LogP) is 4.01. The summed E-state index contributed by atoms with van der Waals surface area (Å²) in [5, 5.41) is 7.54. The average molecular weight is 361 g/mol. The van der Waals surface area contributed by atoms with Gasteiger partial charge in [0.1, 0.15) is 0 Å². The Kier molecular flexibility index (Phi) is 5.37. The van der Waals surface area contributed by atoms with E-state index in [0.717, 1.165) is 45.0 Å². The lowest BCUT2D eigenvalue weighted by Crippen LogP contribution is -2.45. The van der Waals surface area contributed by atoms with Gasteiger partial charge in [0.2, 0.25) is 0 Å². The van der Waals surface area contributed by atoms with Gasteiger partial charge in [-0.1, -0.05) is 42.5 Å². The molecule has 3 aromatic rings. The SMILES string of the molecule is Cc1ccc(-c2[nH]ncc2CN2CCN(Cc3ccccc3)CC2)cc1C. The highest BCUT2D eigenvalue weighted by Gasteiger charge is 2.19. The molecule has 140 valence electrons. The zero-order valence-corrected chi connectivity index (χ0v) is 16.3. The number of aryl methyl sites for hydroxylation is 2. The van der Waals surface area contributed by atoms with E-state index in [9.17, 15) is 0 Å². The molecular formula is C23H28N4. The Morgan fingerprint density at radius 3 is 2.26 bits per heavy atom. The van der Waals surface area contributed by atoms with E-state index in [4.69, 9.17) is 0 Å². The van der Waals surface area contributed by atoms with Crippen LogP contribution in [0.1, 0.15) is 22.3 Å². The number of nitrogens with zero attached hydrogens (tertiary/aromatic N) is 3. The van der Waals surface area contributed by atoms with Crippen molar-refractivity contribution in [1.29, 1.82) is 0 Å². The van der Waals surface area contributed by atoms with Crippen molar-refractivity contribution in [3.05, 3.63) is 77.0 Å². The lowest BCUT2D eigenvalue weighted by Gasteiger charge is -2.34. The Labute approximate surface area is 161 Å². The molecule has 1 aromatic heterocycles. The van der Waals surface area contributed by atoms with Gasteiger partial charge < -0.3 is 0 Å². The van der Waals surface area contributed by atoms with Crippen LogP contribution < -0.4 is 0 Å². The summed E-state index contributed by atoms with van der Waals surface area (Å²) in [6.45, 7) is 10.8. The highest BCUT2D eigenvalue weighted by molar-refractivity contribution is 5.64. The van der Waals surface area contributed by atoms with Gasteiger partial charge in [-0.2, -0.15) is 5.10 Å². The minimum atomic E-state index is 0.956. The van der Waals surface area contributed by atoms with Gasteiger partial charge in [-0.15, -0.1) is 0 Å². The summed E-state index contributed by atoms with van der Waals surface area (Å²) in [6.07, 6.45) is 1.99. The van der Waals surface area contributed by atoms with Crippen LogP contribution in [0.25, 0.3) is 11.3 Å². The molecule has 4 heteroatoms. The highest BCUT2D eigenvalue weighted by Crippen LogP contribution is 2.25. The van der Waals surface area contributed by atoms with E-state index >= 15 is 0 Å². The third-order valence-corrected chi connectivity index (χ3v) is 5.62. The van der Waals surface area contributed by atoms with E-state index in [2.05, 4.69) is 82.4 Å². The summed E-state index contributed by atoms with van der Waals surface area (Å²) in [7, 11) is 0. The molecule has 0 atom stereocenters. The minimum absolute atomic E-state index is 0.956. The molecule has 4 rings (SSSR count). The van der Waals surface area contributed by atoms with Crippen LogP contribution in [0.4, 0.5) is 0 Å². The number of piperazine rings is 1. The molecule has 0 saturated carbocycles. The molecule has 2 heterocycles. The third kappa shape index (κ3) is 4.29. The third-order valence-electron chi connectivity index (χ3n) is 5.62. The van der Waals surface area contributed by atoms with Gasteiger partial charge in [0.15, 0.2) is 0 Å². The van der Waals surface area contributed by atoms with Crippen LogP contribution in [0.2, 0.25) is 0 Å². The molecule has 1 N–H and O–H groups in total. The van der Waals surface area contributed by atoms with Crippen LogP contribution in [0.15, 0.2) is 54.7 Å². The maximum atomic E-state index is 4.32. The van der Waals surface area contributed by atoms with Crippen molar-refractivity contribution in [3.8, 4) is 11.3 Å². The van der Waals surface area contributed by atoms with E-state index in [1.807, 2.05) is 6.20 Å². The van der Waals surface area contributed by atoms with Gasteiger partial charge in [-0.25, -0.2) is 0 Å². The van der Waals surface area contributed by atoms with Gasteiger partial charge in [0, 0.05) is 50.4 Å². The zero-order valence-electron chi connectivity index (χ0n) is 16.3. The number of hydrogen-bond acceptors (Lipinski definition) is 3. The van der Waals surface area contributed by atoms with Crippen molar-refractivity contribution in [3.63, 3.8) is 0 Å². The first kappa shape index (κ1) is 18.0. The van der Waals surface area contributed by atoms with E-state index in [-0.39, 0.29) is 0 Å². The van der Waals surface area contributed by atoms with E-state index < -0.39 is 0 Å². The summed E-state index contributed by atoms with van der Waals surface area (Å²) in [4.78, 5) is 5.09. The molecule has 0 bridgehead atoms. The first-order valence-electron chi connectivity index (χ1n) is 9.77. The number of nitrogens with one attached hydrogen (secondary N) is 1. The summed E-state index contributed by atoms with van der Waals surface area (Å²) >= 11 is 0. The number of H-pyrrole nitrogens is 1. The van der Waals surface area contributed by atoms with E-state index in [0.29, 0.717) is 0 Å². The molecule has 2 aromatic carbocycles. The maximum absolute atomic E-state index is 4.32. The van der Waals surface area contributed by atoms with Crippen molar-refractivity contribution < 1.29 is 0 Å². The standard InChI is InChI=1S/C23H28N4/c1-18-8-9-21(14-19(18)2)23-22(15-24-25-23)17-27-12-10-26(11-13-27)16-20-6-4-3-5-7-20/h3-9,14-15H,10-13,16-17H2,1-2H3,(H,24,25). The first-order chi connectivity index (χ1) is 13.2. The molecule has 0 spiro atoms. The summed E-state index contributed by atoms with van der Waals surface area (Å²) < 4.78 is 0. The quantitative estimate of drug-likeness (QED) is 0.747. The lowest BCUT2D eigenvalue weighted by molar-refractivity contribution is 0.122. The van der Waals surface area contributed by atoms with Crippen molar-refractivity contribution in [2.24, 2.45) is 0 Å². The Morgan fingerprint density at radius 1 is 0.852 bits per heavy atom. The zero-order chi connectivity index (χ0) is 18.6. The molecule has 1 saturated heterocycles. The number of aromatic nitrogens is 2. The fraction of sp³-hybridized carbons (Fsp3) is 0.348. The lowest BCUT2D eigenvalue weighted by atomic mass is 10.0. The Morgan fingerprint density at radius 2 is 1.56 bits per heavy atom. The number of benzene rings is 2. The van der Waals surface area contributed by atoms with Crippen molar-refractivity contribution in [1.82, 2.24) is 20.0 Å². The Balaban J connectivity index is 1.37. The molecule has 0 amide bonds. The molecule has 0 radical (unpaired) electrons. The first-order valence-corrected chi connectivity index (χ1v) is 9.77. The summed E-state index contributed by atoms with van der Waals surface area (Å²) in [5.41, 5.74) is 7.72. The molecule has 0 unspecified atom stereocenters. The number of aromatic amines is 1. The van der Waals surface area contributed by atoms with Crippen LogP contribution in [0.3, 0.4) is 0 Å². The molecule has 1 aliphatic heterocycles. The molecule has 1 fully saturated rings. The number of rotatable bonds is 5. The van der Waals surface area contributed by atoms with Gasteiger partial charge in [-0.3, -0.25) is 14.9 Å². The largest absolute Gasteiger partial charge is 0.297 e. The summed E-state index contributed by atoms with van der Waals surface area (Å²) in [6, 6.07) is 17.4. The minimum Gasteiger partial charge on any atom is -0.297 e. The Bertz CT molecular complexity index is 876. The van der Waals surface area contributed by atoms with Crippen molar-refractivity contribution in [2.75, 3.05) is 26.2 Å². The van der Waals surface area contributed by atoms with Crippen LogP contribution in [0.5, 0.6) is 0 Å². The fourth-order valence-electron chi connectivity index (χ4n) is 3.77. The molecule has 0 aliphatic carbocycles. The topological polar surface area (TPSA) is 35.2 Å². The second-order valence-electron chi connectivity index (χ2n) is 7.61. The smallest absolute Gasteiger partial charge is 0.0695 e. The Hall–Kier alpha value is -2.43. The second kappa shape index (κ2) is 8.07. The maximum Gasteiger partial charge on any atom is 0.0695 e. The molecular weight excluding hydrogens is 332 g/mol. The normalized spacial score (nSPS) is 15.9.